The number of para-hydroxylation sites is 1. The van der Waals surface area contributed by atoms with Crippen LogP contribution in [0.5, 0.6) is 0 Å². The number of anilines is 2. The van der Waals surface area contributed by atoms with Crippen LogP contribution in [0.2, 0.25) is 0 Å². The fourth-order valence-corrected chi connectivity index (χ4v) is 2.26. The molecule has 4 nitrogen and oxygen atoms in total. The van der Waals surface area contributed by atoms with Gasteiger partial charge >= 0.3 is 0 Å². The minimum atomic E-state index is -0.151. The highest BCUT2D eigenvalue weighted by molar-refractivity contribution is 6.12. The molecule has 3 N–H and O–H groups in total. The number of nitrogens with zero attached hydrogens (tertiary/aromatic N) is 1. The number of pyridine rings is 1. The van der Waals surface area contributed by atoms with Crippen LogP contribution in [0.25, 0.3) is 10.9 Å². The molecule has 104 valence electrons. The third-order valence-electron chi connectivity index (χ3n) is 3.26. The minimum absolute atomic E-state index is 0.151. The van der Waals surface area contributed by atoms with E-state index in [4.69, 9.17) is 5.73 Å². The van der Waals surface area contributed by atoms with Gasteiger partial charge in [0.2, 0.25) is 0 Å². The number of carbonyl (C=O) groups is 1. The van der Waals surface area contributed by atoms with Crippen LogP contribution in [0.15, 0.2) is 54.6 Å². The highest BCUT2D eigenvalue weighted by Gasteiger charge is 2.11. The molecule has 0 unspecified atom stereocenters. The van der Waals surface area contributed by atoms with Gasteiger partial charge < -0.3 is 11.1 Å². The van der Waals surface area contributed by atoms with E-state index in [2.05, 4.69) is 10.3 Å². The molecule has 3 rings (SSSR count). The molecule has 1 amide bonds. The molecule has 0 saturated carbocycles. The quantitative estimate of drug-likeness (QED) is 0.706. The first kappa shape index (κ1) is 13.1. The molecular formula is C17H15N3O. The number of aromatic nitrogens is 1. The molecule has 0 bridgehead atoms. The van der Waals surface area contributed by atoms with Crippen molar-refractivity contribution in [3.8, 4) is 0 Å². The lowest BCUT2D eigenvalue weighted by molar-refractivity contribution is 0.102. The van der Waals surface area contributed by atoms with Gasteiger partial charge in [0, 0.05) is 22.5 Å². The van der Waals surface area contributed by atoms with Crippen LogP contribution >= 0.6 is 0 Å². The summed E-state index contributed by atoms with van der Waals surface area (Å²) in [6, 6.07) is 16.5. The number of fused-ring (bicyclic) bond motifs is 1. The normalized spacial score (nSPS) is 10.5. The van der Waals surface area contributed by atoms with Crippen molar-refractivity contribution in [1.82, 2.24) is 4.98 Å². The smallest absolute Gasteiger partial charge is 0.256 e. The topological polar surface area (TPSA) is 68.0 Å². The molecule has 0 fully saturated rings. The van der Waals surface area contributed by atoms with Gasteiger partial charge in [0.15, 0.2) is 0 Å². The van der Waals surface area contributed by atoms with Crippen molar-refractivity contribution in [2.24, 2.45) is 0 Å². The summed E-state index contributed by atoms with van der Waals surface area (Å²) in [5.74, 6) is -0.151. The summed E-state index contributed by atoms with van der Waals surface area (Å²) in [6.45, 7) is 1.88. The Morgan fingerprint density at radius 2 is 1.81 bits per heavy atom. The number of nitrogens with two attached hydrogens (primary N) is 1. The summed E-state index contributed by atoms with van der Waals surface area (Å²) < 4.78 is 0. The van der Waals surface area contributed by atoms with Gasteiger partial charge in [-0.25, -0.2) is 0 Å². The second-order valence-electron chi connectivity index (χ2n) is 4.90. The Labute approximate surface area is 122 Å². The maximum Gasteiger partial charge on any atom is 0.256 e. The van der Waals surface area contributed by atoms with Gasteiger partial charge in [0.25, 0.3) is 5.91 Å². The van der Waals surface area contributed by atoms with Crippen molar-refractivity contribution >= 4 is 28.2 Å². The van der Waals surface area contributed by atoms with Gasteiger partial charge in [-0.3, -0.25) is 9.78 Å². The molecule has 0 radical (unpaired) electrons. The lowest BCUT2D eigenvalue weighted by Crippen LogP contribution is -2.13. The van der Waals surface area contributed by atoms with Crippen molar-refractivity contribution in [3.05, 3.63) is 65.9 Å². The Morgan fingerprint density at radius 1 is 1.10 bits per heavy atom. The number of hydrogen-bond donors (Lipinski definition) is 2. The average molecular weight is 277 g/mol. The van der Waals surface area contributed by atoms with Crippen molar-refractivity contribution in [2.75, 3.05) is 11.1 Å². The molecule has 2 aromatic carbocycles. The fourth-order valence-electron chi connectivity index (χ4n) is 2.26. The Bertz CT molecular complexity index is 810. The molecule has 0 aliphatic rings. The van der Waals surface area contributed by atoms with Crippen LogP contribution < -0.4 is 11.1 Å². The van der Waals surface area contributed by atoms with Gasteiger partial charge in [-0.05, 0) is 43.3 Å². The van der Waals surface area contributed by atoms with E-state index in [0.29, 0.717) is 16.9 Å². The molecular weight excluding hydrogens is 262 g/mol. The third kappa shape index (κ3) is 2.69. The van der Waals surface area contributed by atoms with E-state index in [9.17, 15) is 4.79 Å². The second kappa shape index (κ2) is 5.25. The molecule has 1 heterocycles. The molecule has 0 aliphatic carbocycles. The van der Waals surface area contributed by atoms with E-state index in [1.807, 2.05) is 31.2 Å². The maximum absolute atomic E-state index is 12.5. The summed E-state index contributed by atoms with van der Waals surface area (Å²) in [7, 11) is 0. The summed E-state index contributed by atoms with van der Waals surface area (Å²) in [5, 5.41) is 3.73. The minimum Gasteiger partial charge on any atom is -0.399 e. The van der Waals surface area contributed by atoms with E-state index in [-0.39, 0.29) is 5.91 Å². The highest BCUT2D eigenvalue weighted by Crippen LogP contribution is 2.20. The lowest BCUT2D eigenvalue weighted by Gasteiger charge is -2.09. The van der Waals surface area contributed by atoms with Gasteiger partial charge in [-0.2, -0.15) is 0 Å². The number of amides is 1. The summed E-state index contributed by atoms with van der Waals surface area (Å²) in [4.78, 5) is 16.9. The number of benzene rings is 2. The number of rotatable bonds is 2. The number of aryl methyl sites for hydroxylation is 1. The standard InChI is InChI=1S/C17H15N3O/c1-11-10-15(14-4-2-3-5-16(14)19-11)17(21)20-13-8-6-12(18)7-9-13/h2-10H,18H2,1H3,(H,20,21). The zero-order valence-corrected chi connectivity index (χ0v) is 11.6. The fraction of sp³-hybridized carbons (Fsp3) is 0.0588. The maximum atomic E-state index is 12.5. The van der Waals surface area contributed by atoms with Crippen LogP contribution in [0.1, 0.15) is 16.1 Å². The van der Waals surface area contributed by atoms with E-state index < -0.39 is 0 Å². The molecule has 21 heavy (non-hydrogen) atoms. The van der Waals surface area contributed by atoms with Crippen LogP contribution in [0, 0.1) is 6.92 Å². The van der Waals surface area contributed by atoms with E-state index in [1.165, 1.54) is 0 Å². The first-order valence-electron chi connectivity index (χ1n) is 6.67. The predicted octanol–water partition coefficient (Wildman–Crippen LogP) is 3.38. The molecule has 0 spiro atoms. The van der Waals surface area contributed by atoms with Crippen LogP contribution in [0.3, 0.4) is 0 Å². The zero-order chi connectivity index (χ0) is 14.8. The van der Waals surface area contributed by atoms with Gasteiger partial charge in [-0.1, -0.05) is 18.2 Å². The second-order valence-corrected chi connectivity index (χ2v) is 4.90. The number of hydrogen-bond acceptors (Lipinski definition) is 3. The Kier molecular flexibility index (Phi) is 3.28. The van der Waals surface area contributed by atoms with Gasteiger partial charge in [-0.15, -0.1) is 0 Å². The summed E-state index contributed by atoms with van der Waals surface area (Å²) in [6.07, 6.45) is 0. The Balaban J connectivity index is 1.99. The Hall–Kier alpha value is -2.88. The summed E-state index contributed by atoms with van der Waals surface area (Å²) >= 11 is 0. The number of nitrogen functional groups attached to an aromatic ring is 1. The largest absolute Gasteiger partial charge is 0.399 e. The van der Waals surface area contributed by atoms with E-state index in [0.717, 1.165) is 16.6 Å². The zero-order valence-electron chi connectivity index (χ0n) is 11.6. The molecule has 3 aromatic rings. The van der Waals surface area contributed by atoms with Crippen molar-refractivity contribution in [2.45, 2.75) is 6.92 Å². The SMILES string of the molecule is Cc1cc(C(=O)Nc2ccc(N)cc2)c2ccccc2n1. The van der Waals surface area contributed by atoms with E-state index in [1.54, 1.807) is 30.3 Å². The monoisotopic (exact) mass is 277 g/mol. The Morgan fingerprint density at radius 3 is 2.57 bits per heavy atom. The number of carbonyl (C=O) groups excluding carboxylic acids is 1. The highest BCUT2D eigenvalue weighted by atomic mass is 16.1. The first-order valence-corrected chi connectivity index (χ1v) is 6.67. The van der Waals surface area contributed by atoms with Crippen LogP contribution in [-0.2, 0) is 0 Å². The molecule has 0 aliphatic heterocycles. The van der Waals surface area contributed by atoms with E-state index >= 15 is 0 Å². The van der Waals surface area contributed by atoms with Crippen LogP contribution in [0.4, 0.5) is 11.4 Å². The lowest BCUT2D eigenvalue weighted by atomic mass is 10.1. The molecule has 4 heteroatoms. The first-order chi connectivity index (χ1) is 10.1. The van der Waals surface area contributed by atoms with Gasteiger partial charge in [0.1, 0.15) is 0 Å². The van der Waals surface area contributed by atoms with Crippen LogP contribution in [-0.4, -0.2) is 10.9 Å². The average Bonchev–Trinajstić information content (AvgIpc) is 2.48. The predicted molar refractivity (Wildman–Crippen MR) is 85.3 cm³/mol. The van der Waals surface area contributed by atoms with Gasteiger partial charge in [0.05, 0.1) is 11.1 Å². The third-order valence-corrected chi connectivity index (χ3v) is 3.26. The molecule has 0 saturated heterocycles. The summed E-state index contributed by atoms with van der Waals surface area (Å²) in [5.41, 5.74) is 9.28. The number of nitrogens with one attached hydrogen (secondary N) is 1. The van der Waals surface area contributed by atoms with Crippen molar-refractivity contribution in [3.63, 3.8) is 0 Å². The van der Waals surface area contributed by atoms with Crippen molar-refractivity contribution < 1.29 is 4.79 Å². The van der Waals surface area contributed by atoms with Crippen molar-refractivity contribution in [1.29, 1.82) is 0 Å². The molecule has 0 atom stereocenters. The molecule has 1 aromatic heterocycles.